The monoisotopic (exact) mass is 209 g/mol. The number of carbonyl (C=O) groups excluding carboxylic acids is 1. The molecule has 1 saturated heterocycles. The second-order valence-corrected chi connectivity index (χ2v) is 2.90. The first kappa shape index (κ1) is 11.3. The van der Waals surface area contributed by atoms with Gasteiger partial charge in [-0.1, -0.05) is 0 Å². The average molecular weight is 209 g/mol. The standard InChI is InChI=1S/C8H13F2NO3/c9-7(10)6-13-5-2-8(12)11-3-1-4-14-11/h7H,1-6H2. The van der Waals surface area contributed by atoms with Crippen molar-refractivity contribution in [2.24, 2.45) is 0 Å². The molecule has 1 aliphatic heterocycles. The summed E-state index contributed by atoms with van der Waals surface area (Å²) in [7, 11) is 0. The molecular formula is C8H13F2NO3. The number of hydrogen-bond acceptors (Lipinski definition) is 3. The molecular weight excluding hydrogens is 196 g/mol. The Morgan fingerprint density at radius 3 is 2.93 bits per heavy atom. The number of hydrogen-bond donors (Lipinski definition) is 0. The summed E-state index contributed by atoms with van der Waals surface area (Å²) in [6, 6.07) is 0. The fourth-order valence-electron chi connectivity index (χ4n) is 1.10. The van der Waals surface area contributed by atoms with Gasteiger partial charge in [0.15, 0.2) is 0 Å². The average Bonchev–Trinajstić information content (AvgIpc) is 2.64. The van der Waals surface area contributed by atoms with Crippen molar-refractivity contribution < 1.29 is 23.1 Å². The van der Waals surface area contributed by atoms with Crippen molar-refractivity contribution in [3.63, 3.8) is 0 Å². The van der Waals surface area contributed by atoms with E-state index in [1.807, 2.05) is 0 Å². The maximum Gasteiger partial charge on any atom is 0.261 e. The molecule has 1 aliphatic rings. The van der Waals surface area contributed by atoms with Gasteiger partial charge in [-0.2, -0.15) is 0 Å². The highest BCUT2D eigenvalue weighted by Gasteiger charge is 2.18. The third kappa shape index (κ3) is 3.97. The zero-order valence-corrected chi connectivity index (χ0v) is 7.75. The van der Waals surface area contributed by atoms with Gasteiger partial charge in [0, 0.05) is 0 Å². The van der Waals surface area contributed by atoms with Gasteiger partial charge in [0.25, 0.3) is 6.43 Å². The van der Waals surface area contributed by atoms with Gasteiger partial charge in [-0.25, -0.2) is 13.8 Å². The van der Waals surface area contributed by atoms with Crippen LogP contribution in [0.2, 0.25) is 0 Å². The van der Waals surface area contributed by atoms with E-state index in [0.29, 0.717) is 13.2 Å². The molecule has 6 heteroatoms. The highest BCUT2D eigenvalue weighted by Crippen LogP contribution is 2.06. The molecule has 1 heterocycles. The Labute approximate surface area is 80.7 Å². The minimum absolute atomic E-state index is 0.0169. The van der Waals surface area contributed by atoms with Gasteiger partial charge in [0.05, 0.1) is 26.2 Å². The van der Waals surface area contributed by atoms with Crippen molar-refractivity contribution in [3.05, 3.63) is 0 Å². The van der Waals surface area contributed by atoms with E-state index < -0.39 is 13.0 Å². The van der Waals surface area contributed by atoms with Crippen LogP contribution in [0.5, 0.6) is 0 Å². The molecule has 0 aromatic carbocycles. The maximum absolute atomic E-state index is 11.6. The molecule has 82 valence electrons. The minimum Gasteiger partial charge on any atom is -0.375 e. The molecule has 0 aromatic rings. The molecule has 14 heavy (non-hydrogen) atoms. The van der Waals surface area contributed by atoms with E-state index in [9.17, 15) is 13.6 Å². The molecule has 0 radical (unpaired) electrons. The van der Waals surface area contributed by atoms with Gasteiger partial charge in [-0.05, 0) is 6.42 Å². The lowest BCUT2D eigenvalue weighted by Crippen LogP contribution is -2.27. The Morgan fingerprint density at radius 1 is 1.57 bits per heavy atom. The van der Waals surface area contributed by atoms with Crippen molar-refractivity contribution in [3.8, 4) is 0 Å². The first-order valence-electron chi connectivity index (χ1n) is 4.49. The summed E-state index contributed by atoms with van der Waals surface area (Å²) in [5, 5.41) is 1.26. The Bertz CT molecular complexity index is 183. The molecule has 1 fully saturated rings. The van der Waals surface area contributed by atoms with Gasteiger partial charge >= 0.3 is 0 Å². The number of alkyl halides is 2. The number of nitrogens with zero attached hydrogens (tertiary/aromatic N) is 1. The van der Waals surface area contributed by atoms with E-state index >= 15 is 0 Å². The molecule has 1 rings (SSSR count). The maximum atomic E-state index is 11.6. The van der Waals surface area contributed by atoms with E-state index in [0.717, 1.165) is 6.42 Å². The fourth-order valence-corrected chi connectivity index (χ4v) is 1.10. The van der Waals surface area contributed by atoms with E-state index in [-0.39, 0.29) is 18.9 Å². The third-order valence-corrected chi connectivity index (χ3v) is 1.73. The third-order valence-electron chi connectivity index (χ3n) is 1.73. The highest BCUT2D eigenvalue weighted by molar-refractivity contribution is 5.75. The summed E-state index contributed by atoms with van der Waals surface area (Å²) in [4.78, 5) is 16.2. The molecule has 0 bridgehead atoms. The summed E-state index contributed by atoms with van der Waals surface area (Å²) >= 11 is 0. The van der Waals surface area contributed by atoms with E-state index in [1.54, 1.807) is 0 Å². The zero-order valence-electron chi connectivity index (χ0n) is 7.75. The minimum atomic E-state index is -2.48. The first-order valence-corrected chi connectivity index (χ1v) is 4.49. The highest BCUT2D eigenvalue weighted by atomic mass is 19.3. The number of hydroxylamine groups is 2. The van der Waals surface area contributed by atoms with Crippen LogP contribution in [0.15, 0.2) is 0 Å². The Kier molecular flexibility index (Phi) is 4.75. The van der Waals surface area contributed by atoms with Crippen molar-refractivity contribution in [1.82, 2.24) is 5.06 Å². The van der Waals surface area contributed by atoms with Crippen LogP contribution in [0.1, 0.15) is 12.8 Å². The largest absolute Gasteiger partial charge is 0.375 e. The summed E-state index contributed by atoms with van der Waals surface area (Å²) in [6.07, 6.45) is -1.57. The van der Waals surface area contributed by atoms with Crippen LogP contribution < -0.4 is 0 Å². The predicted octanol–water partition coefficient (Wildman–Crippen LogP) is 0.822. The van der Waals surface area contributed by atoms with Crippen LogP contribution >= 0.6 is 0 Å². The van der Waals surface area contributed by atoms with Crippen molar-refractivity contribution in [2.75, 3.05) is 26.4 Å². The lowest BCUT2D eigenvalue weighted by molar-refractivity contribution is -0.170. The summed E-state index contributed by atoms with van der Waals surface area (Å²) in [5.74, 6) is -0.211. The first-order chi connectivity index (χ1) is 6.70. The molecule has 4 nitrogen and oxygen atoms in total. The predicted molar refractivity (Wildman–Crippen MR) is 43.7 cm³/mol. The summed E-state index contributed by atoms with van der Waals surface area (Å²) < 4.78 is 27.8. The molecule has 0 aromatic heterocycles. The Balaban J connectivity index is 2.03. The summed E-state index contributed by atoms with van der Waals surface area (Å²) in [5.41, 5.74) is 0. The van der Waals surface area contributed by atoms with Crippen LogP contribution in [0.3, 0.4) is 0 Å². The van der Waals surface area contributed by atoms with Crippen molar-refractivity contribution in [1.29, 1.82) is 0 Å². The molecule has 0 aliphatic carbocycles. The Morgan fingerprint density at radius 2 is 2.36 bits per heavy atom. The summed E-state index contributed by atoms with van der Waals surface area (Å²) in [6.45, 7) is 0.522. The van der Waals surface area contributed by atoms with Crippen LogP contribution in [0, 0.1) is 0 Å². The lowest BCUT2D eigenvalue weighted by atomic mass is 10.4. The van der Waals surface area contributed by atoms with Gasteiger partial charge in [-0.15, -0.1) is 0 Å². The van der Waals surface area contributed by atoms with Crippen LogP contribution in [-0.4, -0.2) is 43.8 Å². The van der Waals surface area contributed by atoms with Gasteiger partial charge in [-0.3, -0.25) is 9.63 Å². The number of carbonyl (C=O) groups is 1. The second-order valence-electron chi connectivity index (χ2n) is 2.90. The van der Waals surface area contributed by atoms with Crippen LogP contribution in [0.25, 0.3) is 0 Å². The molecule has 1 amide bonds. The van der Waals surface area contributed by atoms with Gasteiger partial charge in [0.1, 0.15) is 6.61 Å². The van der Waals surface area contributed by atoms with Crippen molar-refractivity contribution >= 4 is 5.91 Å². The van der Waals surface area contributed by atoms with E-state index in [1.165, 1.54) is 5.06 Å². The lowest BCUT2D eigenvalue weighted by Gasteiger charge is -2.13. The SMILES string of the molecule is O=C(CCOCC(F)F)N1CCCO1. The quantitative estimate of drug-likeness (QED) is 0.629. The number of rotatable bonds is 5. The van der Waals surface area contributed by atoms with Gasteiger partial charge in [0.2, 0.25) is 5.91 Å². The number of ether oxygens (including phenoxy) is 1. The molecule has 0 atom stereocenters. The molecule has 0 spiro atoms. The Hall–Kier alpha value is -0.750. The smallest absolute Gasteiger partial charge is 0.261 e. The molecule has 0 unspecified atom stereocenters. The van der Waals surface area contributed by atoms with Gasteiger partial charge < -0.3 is 4.74 Å². The molecule has 0 N–H and O–H groups in total. The number of amides is 1. The molecule has 0 saturated carbocycles. The zero-order chi connectivity index (χ0) is 10.4. The van der Waals surface area contributed by atoms with E-state index in [4.69, 9.17) is 4.84 Å². The van der Waals surface area contributed by atoms with Crippen molar-refractivity contribution in [2.45, 2.75) is 19.3 Å². The fraction of sp³-hybridized carbons (Fsp3) is 0.875. The van der Waals surface area contributed by atoms with Crippen LogP contribution in [-0.2, 0) is 14.4 Å². The van der Waals surface area contributed by atoms with E-state index in [2.05, 4.69) is 4.74 Å². The number of halogens is 2. The topological polar surface area (TPSA) is 38.8 Å². The van der Waals surface area contributed by atoms with Crippen LogP contribution in [0.4, 0.5) is 8.78 Å². The second kappa shape index (κ2) is 5.87. The normalized spacial score (nSPS) is 16.6.